The molecule has 0 aliphatic rings. The van der Waals surface area contributed by atoms with E-state index >= 15 is 0 Å². The van der Waals surface area contributed by atoms with E-state index in [2.05, 4.69) is 0 Å². The van der Waals surface area contributed by atoms with Crippen LogP contribution >= 0.6 is 0 Å². The van der Waals surface area contributed by atoms with Crippen LogP contribution in [0.5, 0.6) is 0 Å². The fourth-order valence-corrected chi connectivity index (χ4v) is 1.51. The molecule has 0 aromatic heterocycles. The smallest absolute Gasteiger partial charge is 0.159 e. The number of benzene rings is 1. The van der Waals surface area contributed by atoms with E-state index < -0.39 is 23.2 Å². The predicted octanol–water partition coefficient (Wildman–Crippen LogP) is 1.85. The normalized spacial score (nSPS) is 16.9. The van der Waals surface area contributed by atoms with Gasteiger partial charge in [-0.3, -0.25) is 0 Å². The van der Waals surface area contributed by atoms with Crippen LogP contribution in [-0.4, -0.2) is 17.8 Å². The van der Waals surface area contributed by atoms with E-state index in [0.717, 1.165) is 12.1 Å². The lowest BCUT2D eigenvalue weighted by Crippen LogP contribution is -2.39. The Labute approximate surface area is 94.1 Å². The Hall–Kier alpha value is -1.00. The van der Waals surface area contributed by atoms with Crippen molar-refractivity contribution in [3.05, 3.63) is 35.4 Å². The van der Waals surface area contributed by atoms with E-state index in [-0.39, 0.29) is 6.54 Å². The number of hydrogen-bond acceptors (Lipinski definition) is 2. The Morgan fingerprint density at radius 1 is 1.38 bits per heavy atom. The average Bonchev–Trinajstić information content (AvgIpc) is 2.23. The average molecular weight is 229 g/mol. The minimum absolute atomic E-state index is 0.281. The van der Waals surface area contributed by atoms with Crippen LogP contribution in [-0.2, 0) is 6.42 Å². The van der Waals surface area contributed by atoms with Gasteiger partial charge in [-0.15, -0.1) is 0 Å². The standard InChI is InChI=1S/C12H17F2NO/c1-8(16)12(2,7-15)6-9-3-4-10(13)11(14)5-9/h3-5,8,16H,6-7,15H2,1-2H3. The van der Waals surface area contributed by atoms with Crippen molar-refractivity contribution in [2.45, 2.75) is 26.4 Å². The second kappa shape index (κ2) is 4.89. The van der Waals surface area contributed by atoms with Crippen LogP contribution in [0.3, 0.4) is 0 Å². The third kappa shape index (κ3) is 2.77. The lowest BCUT2D eigenvalue weighted by molar-refractivity contribution is 0.0588. The quantitative estimate of drug-likeness (QED) is 0.827. The maximum Gasteiger partial charge on any atom is 0.159 e. The lowest BCUT2D eigenvalue weighted by atomic mass is 9.79. The molecule has 1 aromatic rings. The Balaban J connectivity index is 2.90. The zero-order valence-corrected chi connectivity index (χ0v) is 9.50. The van der Waals surface area contributed by atoms with Gasteiger partial charge in [-0.25, -0.2) is 8.78 Å². The topological polar surface area (TPSA) is 46.2 Å². The first kappa shape index (κ1) is 13.1. The first-order valence-electron chi connectivity index (χ1n) is 5.21. The van der Waals surface area contributed by atoms with Crippen molar-refractivity contribution < 1.29 is 13.9 Å². The molecular weight excluding hydrogens is 212 g/mol. The predicted molar refractivity (Wildman–Crippen MR) is 58.9 cm³/mol. The summed E-state index contributed by atoms with van der Waals surface area (Å²) in [6.07, 6.45) is -0.191. The van der Waals surface area contributed by atoms with Crippen molar-refractivity contribution in [2.24, 2.45) is 11.1 Å². The molecule has 3 N–H and O–H groups in total. The first-order chi connectivity index (χ1) is 7.39. The largest absolute Gasteiger partial charge is 0.393 e. The van der Waals surface area contributed by atoms with Crippen LogP contribution in [0.2, 0.25) is 0 Å². The van der Waals surface area contributed by atoms with Crippen molar-refractivity contribution in [2.75, 3.05) is 6.54 Å². The first-order valence-corrected chi connectivity index (χ1v) is 5.21. The van der Waals surface area contributed by atoms with Crippen molar-refractivity contribution in [3.8, 4) is 0 Å². The molecule has 0 aliphatic carbocycles. The van der Waals surface area contributed by atoms with Crippen LogP contribution in [0.15, 0.2) is 18.2 Å². The summed E-state index contributed by atoms with van der Waals surface area (Å²) in [5.41, 5.74) is 5.70. The number of aliphatic hydroxyl groups excluding tert-OH is 1. The van der Waals surface area contributed by atoms with Crippen LogP contribution in [0, 0.1) is 17.0 Å². The number of hydrogen-bond donors (Lipinski definition) is 2. The molecule has 0 amide bonds. The minimum atomic E-state index is -0.873. The molecule has 4 heteroatoms. The van der Waals surface area contributed by atoms with Gasteiger partial charge in [0, 0.05) is 12.0 Å². The molecule has 1 aromatic carbocycles. The SMILES string of the molecule is CC(O)C(C)(CN)Cc1ccc(F)c(F)c1. The number of rotatable bonds is 4. The summed E-state index contributed by atoms with van der Waals surface area (Å²) in [5.74, 6) is -1.74. The van der Waals surface area contributed by atoms with Gasteiger partial charge < -0.3 is 10.8 Å². The van der Waals surface area contributed by atoms with Gasteiger partial charge in [-0.2, -0.15) is 0 Å². The van der Waals surface area contributed by atoms with Crippen molar-refractivity contribution in [1.82, 2.24) is 0 Å². The van der Waals surface area contributed by atoms with Crippen LogP contribution in [0.4, 0.5) is 8.78 Å². The second-order valence-electron chi connectivity index (χ2n) is 4.46. The summed E-state index contributed by atoms with van der Waals surface area (Å²) in [7, 11) is 0. The molecular formula is C12H17F2NO. The molecule has 0 radical (unpaired) electrons. The zero-order valence-electron chi connectivity index (χ0n) is 9.50. The van der Waals surface area contributed by atoms with Gasteiger partial charge in [0.25, 0.3) is 0 Å². The molecule has 1 rings (SSSR count). The van der Waals surface area contributed by atoms with Gasteiger partial charge in [0.05, 0.1) is 6.10 Å². The Morgan fingerprint density at radius 2 is 2.00 bits per heavy atom. The maximum atomic E-state index is 13.0. The number of halogens is 2. The number of nitrogens with two attached hydrogens (primary N) is 1. The zero-order chi connectivity index (χ0) is 12.3. The molecule has 0 heterocycles. The van der Waals surface area contributed by atoms with Crippen molar-refractivity contribution in [1.29, 1.82) is 0 Å². The Bertz CT molecular complexity index is 368. The molecule has 2 nitrogen and oxygen atoms in total. The molecule has 0 aliphatic heterocycles. The van der Waals surface area contributed by atoms with E-state index in [1.165, 1.54) is 6.07 Å². The van der Waals surface area contributed by atoms with Crippen LogP contribution in [0.1, 0.15) is 19.4 Å². The van der Waals surface area contributed by atoms with Gasteiger partial charge in [0.15, 0.2) is 11.6 Å². The summed E-state index contributed by atoms with van der Waals surface area (Å²) >= 11 is 0. The summed E-state index contributed by atoms with van der Waals surface area (Å²) < 4.78 is 25.7. The highest BCUT2D eigenvalue weighted by molar-refractivity contribution is 5.19. The molecule has 0 saturated carbocycles. The van der Waals surface area contributed by atoms with E-state index in [0.29, 0.717) is 12.0 Å². The monoisotopic (exact) mass is 229 g/mol. The van der Waals surface area contributed by atoms with E-state index in [1.54, 1.807) is 6.92 Å². The molecule has 2 atom stereocenters. The van der Waals surface area contributed by atoms with Gasteiger partial charge in [-0.1, -0.05) is 13.0 Å². The Morgan fingerprint density at radius 3 is 2.44 bits per heavy atom. The maximum absolute atomic E-state index is 13.0. The molecule has 2 unspecified atom stereocenters. The molecule has 0 bridgehead atoms. The third-order valence-corrected chi connectivity index (χ3v) is 3.07. The second-order valence-corrected chi connectivity index (χ2v) is 4.46. The fraction of sp³-hybridized carbons (Fsp3) is 0.500. The van der Waals surface area contributed by atoms with Crippen LogP contribution in [0.25, 0.3) is 0 Å². The van der Waals surface area contributed by atoms with Gasteiger partial charge in [0.2, 0.25) is 0 Å². The minimum Gasteiger partial charge on any atom is -0.393 e. The number of aliphatic hydroxyl groups is 1. The Kier molecular flexibility index (Phi) is 3.99. The lowest BCUT2D eigenvalue weighted by Gasteiger charge is -2.31. The molecule has 0 spiro atoms. The van der Waals surface area contributed by atoms with Crippen molar-refractivity contribution in [3.63, 3.8) is 0 Å². The highest BCUT2D eigenvalue weighted by Crippen LogP contribution is 2.26. The van der Waals surface area contributed by atoms with Crippen molar-refractivity contribution >= 4 is 0 Å². The third-order valence-electron chi connectivity index (χ3n) is 3.07. The highest BCUT2D eigenvalue weighted by Gasteiger charge is 2.28. The van der Waals surface area contributed by atoms with Crippen LogP contribution < -0.4 is 5.73 Å². The molecule has 0 fully saturated rings. The van der Waals surface area contributed by atoms with Gasteiger partial charge in [-0.05, 0) is 31.0 Å². The van der Waals surface area contributed by atoms with E-state index in [1.807, 2.05) is 6.92 Å². The van der Waals surface area contributed by atoms with Gasteiger partial charge in [0.1, 0.15) is 0 Å². The highest BCUT2D eigenvalue weighted by atomic mass is 19.2. The molecule has 90 valence electrons. The summed E-state index contributed by atoms with van der Waals surface area (Å²) in [5, 5.41) is 9.61. The van der Waals surface area contributed by atoms with E-state index in [4.69, 9.17) is 5.73 Å². The summed E-state index contributed by atoms with van der Waals surface area (Å²) in [4.78, 5) is 0. The molecule has 16 heavy (non-hydrogen) atoms. The van der Waals surface area contributed by atoms with E-state index in [9.17, 15) is 13.9 Å². The summed E-state index contributed by atoms with van der Waals surface area (Å²) in [6, 6.07) is 3.74. The summed E-state index contributed by atoms with van der Waals surface area (Å²) in [6.45, 7) is 3.75. The molecule has 0 saturated heterocycles. The van der Waals surface area contributed by atoms with Gasteiger partial charge >= 0.3 is 0 Å². The fourth-order valence-electron chi connectivity index (χ4n) is 1.51.